The van der Waals surface area contributed by atoms with Crippen molar-refractivity contribution >= 4 is 52.5 Å². The Hall–Kier alpha value is -4.92. The number of carbonyl (C=O) groups is 1. The number of benzene rings is 3. The van der Waals surface area contributed by atoms with E-state index >= 15 is 0 Å². The Labute approximate surface area is 271 Å². The number of nitrogens with one attached hydrogen (secondary N) is 1. The largest absolute Gasteiger partial charge is 0.499 e. The molecule has 1 aliphatic rings. The van der Waals surface area contributed by atoms with Crippen LogP contribution in [0.3, 0.4) is 0 Å². The summed E-state index contributed by atoms with van der Waals surface area (Å²) in [4.78, 5) is 22.0. The second-order valence-electron chi connectivity index (χ2n) is 10.2. The summed E-state index contributed by atoms with van der Waals surface area (Å²) in [6.07, 6.45) is -5.50. The van der Waals surface area contributed by atoms with Gasteiger partial charge in [-0.1, -0.05) is 42.1 Å². The number of alkyl halides is 5. The zero-order chi connectivity index (χ0) is 34.2. The number of anilines is 1. The molecule has 0 spiro atoms. The number of aryl methyl sites for hydroxylation is 1. The van der Waals surface area contributed by atoms with Crippen molar-refractivity contribution in [3.63, 3.8) is 0 Å². The molecule has 1 aliphatic heterocycles. The van der Waals surface area contributed by atoms with Gasteiger partial charge in [-0.05, 0) is 79.4 Å². The van der Waals surface area contributed by atoms with E-state index in [0.717, 1.165) is 40.6 Å². The third-order valence-corrected chi connectivity index (χ3v) is 7.55. The first-order valence-corrected chi connectivity index (χ1v) is 15.0. The minimum absolute atomic E-state index is 0.103. The van der Waals surface area contributed by atoms with Crippen LogP contribution in [0.5, 0.6) is 11.5 Å². The summed E-state index contributed by atoms with van der Waals surface area (Å²) in [5.41, 5.74) is 7.06. The number of methoxy groups -OCH3 is 1. The Morgan fingerprint density at radius 1 is 1.09 bits per heavy atom. The highest BCUT2D eigenvalue weighted by molar-refractivity contribution is 8.14. The molecule has 1 atom stereocenters. The number of rotatable bonds is 10. The minimum Gasteiger partial charge on any atom is -0.497 e. The molecule has 4 rings (SSSR count). The average Bonchev–Trinajstić information content (AvgIpc) is 3.22. The van der Waals surface area contributed by atoms with Crippen molar-refractivity contribution < 1.29 is 41.3 Å². The van der Waals surface area contributed by atoms with Gasteiger partial charge in [-0.2, -0.15) is 27.1 Å². The van der Waals surface area contributed by atoms with Crippen molar-refractivity contribution in [2.45, 2.75) is 38.6 Å². The number of hydrogen-bond donors (Lipinski definition) is 2. The van der Waals surface area contributed by atoms with Gasteiger partial charge in [0.05, 0.1) is 36.8 Å². The quantitative estimate of drug-likeness (QED) is 0.0985. The van der Waals surface area contributed by atoms with Gasteiger partial charge < -0.3 is 19.5 Å². The third-order valence-electron chi connectivity index (χ3n) is 6.70. The summed E-state index contributed by atoms with van der Waals surface area (Å²) < 4.78 is 73.0. The van der Waals surface area contributed by atoms with E-state index in [4.69, 9.17) is 9.84 Å². The molecule has 0 fully saturated rings. The number of hydrogen-bond acceptors (Lipinski definition) is 8. The molecule has 1 unspecified atom stereocenters. The molecule has 0 aliphatic carbocycles. The molecule has 0 radical (unpaired) electrons. The maximum atomic E-state index is 13.2. The van der Waals surface area contributed by atoms with E-state index in [1.165, 1.54) is 12.1 Å². The number of ether oxygens (including phenoxy) is 2. The predicted molar refractivity (Wildman–Crippen MR) is 173 cm³/mol. The Bertz CT molecular complexity index is 1680. The van der Waals surface area contributed by atoms with Crippen molar-refractivity contribution in [1.82, 2.24) is 5.43 Å². The predicted octanol–water partition coefficient (Wildman–Crippen LogP) is 7.63. The molecule has 3 aromatic rings. The number of aliphatic imine (C=N–C) groups is 2. The summed E-state index contributed by atoms with van der Waals surface area (Å²) in [5.74, 6) is -1.15. The molecule has 9 nitrogen and oxygen atoms in total. The SMILES string of the molecule is COc1ccc(N=C(N/N=C/c2ccc(C3=CCC(C)N(c4ccc(OC(F)(F)C(F)(F)F)cc4)C=N3)cc2)SCC(=O)O)c(C)c1. The molecule has 47 heavy (non-hydrogen) atoms. The van der Waals surface area contributed by atoms with Gasteiger partial charge in [-0.15, -0.1) is 0 Å². The molecule has 248 valence electrons. The van der Waals surface area contributed by atoms with Gasteiger partial charge in [-0.3, -0.25) is 10.2 Å². The molecule has 0 bridgehead atoms. The van der Waals surface area contributed by atoms with Crippen molar-refractivity contribution in [1.29, 1.82) is 0 Å². The van der Waals surface area contributed by atoms with Crippen LogP contribution in [0.4, 0.5) is 33.3 Å². The van der Waals surface area contributed by atoms with Crippen LogP contribution < -0.4 is 19.8 Å². The number of thioether (sulfide) groups is 1. The van der Waals surface area contributed by atoms with Gasteiger partial charge in [0.15, 0.2) is 5.17 Å². The topological polar surface area (TPSA) is 108 Å². The molecule has 3 aromatic carbocycles. The monoisotopic (exact) mass is 675 g/mol. The first kappa shape index (κ1) is 34.9. The van der Waals surface area contributed by atoms with E-state index in [-0.39, 0.29) is 11.8 Å². The standard InChI is InChI=1S/C32H30F5N5O4S/c1-20-16-26(45-3)13-15-27(20)40-30(47-18-29(43)44)41-39-17-22-5-7-23(8-6-22)28-14-4-21(2)42(19-38-28)24-9-11-25(12-10-24)46-32(36,37)31(33,34)35/h5-17,19,21H,4,18H2,1-3H3,(H,40,41)(H,43,44)/b39-17+. The fourth-order valence-corrected chi connectivity index (χ4v) is 4.74. The van der Waals surface area contributed by atoms with Crippen LogP contribution in [0.25, 0.3) is 5.70 Å². The van der Waals surface area contributed by atoms with Crippen LogP contribution in [0.15, 0.2) is 87.9 Å². The molecular weight excluding hydrogens is 645 g/mol. The lowest BCUT2D eigenvalue weighted by molar-refractivity contribution is -0.360. The molecule has 0 saturated heterocycles. The lowest BCUT2D eigenvalue weighted by atomic mass is 10.1. The fourth-order valence-electron chi connectivity index (χ4n) is 4.20. The number of carboxylic acid groups (broad SMARTS) is 1. The highest BCUT2D eigenvalue weighted by Gasteiger charge is 2.61. The smallest absolute Gasteiger partial charge is 0.497 e. The van der Waals surface area contributed by atoms with Crippen molar-refractivity contribution in [2.75, 3.05) is 17.8 Å². The van der Waals surface area contributed by atoms with Gasteiger partial charge >= 0.3 is 18.3 Å². The Kier molecular flexibility index (Phi) is 11.2. The van der Waals surface area contributed by atoms with Crippen LogP contribution in [-0.2, 0) is 4.79 Å². The lowest BCUT2D eigenvalue weighted by Crippen LogP contribution is -2.41. The summed E-state index contributed by atoms with van der Waals surface area (Å²) in [5, 5.41) is 13.6. The second kappa shape index (κ2) is 15.1. The van der Waals surface area contributed by atoms with Crippen LogP contribution in [0.1, 0.15) is 30.0 Å². The summed E-state index contributed by atoms with van der Waals surface area (Å²) in [6.45, 7) is 3.78. The molecule has 0 amide bonds. The third kappa shape index (κ3) is 9.54. The molecule has 2 N–H and O–H groups in total. The molecular formula is C32H30F5N5O4S. The number of amidine groups is 1. The molecule has 0 saturated carbocycles. The normalized spacial score (nSPS) is 15.7. The lowest BCUT2D eigenvalue weighted by Gasteiger charge is -2.26. The highest BCUT2D eigenvalue weighted by atomic mass is 32.2. The molecule has 0 aromatic heterocycles. The zero-order valence-electron chi connectivity index (χ0n) is 25.3. The Morgan fingerprint density at radius 3 is 2.38 bits per heavy atom. The number of hydrazone groups is 1. The second-order valence-corrected chi connectivity index (χ2v) is 11.1. The molecule has 1 heterocycles. The highest BCUT2D eigenvalue weighted by Crippen LogP contribution is 2.38. The van der Waals surface area contributed by atoms with E-state index in [2.05, 4.69) is 25.2 Å². The van der Waals surface area contributed by atoms with Gasteiger partial charge in [0.2, 0.25) is 0 Å². The van der Waals surface area contributed by atoms with Crippen molar-refractivity contribution in [3.05, 3.63) is 89.5 Å². The van der Waals surface area contributed by atoms with E-state index in [1.54, 1.807) is 36.7 Å². The van der Waals surface area contributed by atoms with Crippen molar-refractivity contribution in [2.24, 2.45) is 15.1 Å². The number of nitrogens with zero attached hydrogens (tertiary/aromatic N) is 4. The fraction of sp³-hybridized carbons (Fsp3) is 0.250. The van der Waals surface area contributed by atoms with E-state index in [0.29, 0.717) is 34.4 Å². The molecule has 15 heteroatoms. The van der Waals surface area contributed by atoms with Gasteiger partial charge in [0.1, 0.15) is 11.5 Å². The summed E-state index contributed by atoms with van der Waals surface area (Å²) in [6, 6.07) is 17.4. The van der Waals surface area contributed by atoms with Gasteiger partial charge in [0.25, 0.3) is 0 Å². The van der Waals surface area contributed by atoms with Crippen LogP contribution in [0, 0.1) is 6.92 Å². The Balaban J connectivity index is 1.42. The van der Waals surface area contributed by atoms with Crippen LogP contribution in [-0.4, -0.2) is 60.0 Å². The summed E-state index contributed by atoms with van der Waals surface area (Å²) in [7, 11) is 1.56. The maximum Gasteiger partial charge on any atom is 0.499 e. The first-order valence-electron chi connectivity index (χ1n) is 14.0. The Morgan fingerprint density at radius 2 is 1.77 bits per heavy atom. The number of halogens is 5. The number of aliphatic carboxylic acids is 1. The maximum absolute atomic E-state index is 13.2. The van der Waals surface area contributed by atoms with Gasteiger partial charge in [0, 0.05) is 11.7 Å². The van der Waals surface area contributed by atoms with Crippen LogP contribution in [0.2, 0.25) is 0 Å². The van der Waals surface area contributed by atoms with E-state index in [9.17, 15) is 26.7 Å². The summed E-state index contributed by atoms with van der Waals surface area (Å²) >= 11 is 0.993. The van der Waals surface area contributed by atoms with E-state index in [1.807, 2.05) is 50.3 Å². The zero-order valence-corrected chi connectivity index (χ0v) is 26.1. The average molecular weight is 676 g/mol. The number of carboxylic acids is 1. The van der Waals surface area contributed by atoms with Crippen molar-refractivity contribution in [3.8, 4) is 11.5 Å². The van der Waals surface area contributed by atoms with Gasteiger partial charge in [-0.25, -0.2) is 9.98 Å². The van der Waals surface area contributed by atoms with Crippen LogP contribution >= 0.6 is 11.8 Å². The minimum atomic E-state index is -5.83. The van der Waals surface area contributed by atoms with E-state index < -0.39 is 24.0 Å². The first-order chi connectivity index (χ1) is 22.3.